The van der Waals surface area contributed by atoms with Crippen LogP contribution >= 0.6 is 24.0 Å². The lowest BCUT2D eigenvalue weighted by Gasteiger charge is -2.36. The molecule has 0 bridgehead atoms. The van der Waals surface area contributed by atoms with Crippen LogP contribution < -0.4 is 10.2 Å². The van der Waals surface area contributed by atoms with Gasteiger partial charge < -0.3 is 19.9 Å². The molecule has 0 unspecified atom stereocenters. The molecule has 130 valence electrons. The Hall–Kier alpha value is -1.16. The van der Waals surface area contributed by atoms with E-state index >= 15 is 0 Å². The maximum Gasteiger partial charge on any atom is 0.225 e. The first-order valence-electron chi connectivity index (χ1n) is 7.90. The predicted octanol–water partition coefficient (Wildman–Crippen LogP) is 1.22. The Balaban J connectivity index is 0.00000264. The quantitative estimate of drug-likeness (QED) is 0.315. The lowest BCUT2D eigenvalue weighted by Crippen LogP contribution is -2.53. The fourth-order valence-electron chi connectivity index (χ4n) is 2.42. The monoisotopic (exact) mass is 434 g/mol. The van der Waals surface area contributed by atoms with Gasteiger partial charge in [-0.3, -0.25) is 4.99 Å². The molecule has 0 aromatic carbocycles. The van der Waals surface area contributed by atoms with E-state index in [0.717, 1.165) is 64.3 Å². The molecule has 8 heteroatoms. The number of rotatable bonds is 6. The molecule has 23 heavy (non-hydrogen) atoms. The van der Waals surface area contributed by atoms with E-state index in [-0.39, 0.29) is 24.0 Å². The Morgan fingerprint density at radius 3 is 2.57 bits per heavy atom. The highest BCUT2D eigenvalue weighted by Crippen LogP contribution is 2.09. The molecule has 1 aliphatic rings. The predicted molar refractivity (Wildman–Crippen MR) is 104 cm³/mol. The van der Waals surface area contributed by atoms with Crippen molar-refractivity contribution in [2.75, 3.05) is 57.9 Å². The van der Waals surface area contributed by atoms with Gasteiger partial charge in [0.05, 0.1) is 0 Å². The van der Waals surface area contributed by atoms with Gasteiger partial charge in [-0.2, -0.15) is 0 Å². The molecule has 0 saturated carbocycles. The van der Waals surface area contributed by atoms with Crippen LogP contribution in [0.4, 0.5) is 5.95 Å². The minimum atomic E-state index is 0. The maximum absolute atomic E-state index is 5.34. The minimum absolute atomic E-state index is 0. The van der Waals surface area contributed by atoms with Crippen molar-refractivity contribution in [3.63, 3.8) is 0 Å². The van der Waals surface area contributed by atoms with E-state index in [1.165, 1.54) is 0 Å². The van der Waals surface area contributed by atoms with Crippen molar-refractivity contribution in [2.24, 2.45) is 4.99 Å². The van der Waals surface area contributed by atoms with E-state index in [9.17, 15) is 0 Å². The SMILES string of the molecule is CCOCCCNC(=NC)N1CCN(c2ncccn2)CC1.I. The van der Waals surface area contributed by atoms with E-state index < -0.39 is 0 Å². The third-order valence-corrected chi connectivity index (χ3v) is 3.58. The van der Waals surface area contributed by atoms with Gasteiger partial charge >= 0.3 is 0 Å². The second-order valence-electron chi connectivity index (χ2n) is 5.05. The van der Waals surface area contributed by atoms with E-state index in [4.69, 9.17) is 4.74 Å². The van der Waals surface area contributed by atoms with Crippen LogP contribution in [0.5, 0.6) is 0 Å². The van der Waals surface area contributed by atoms with Crippen molar-refractivity contribution in [3.05, 3.63) is 18.5 Å². The third-order valence-electron chi connectivity index (χ3n) is 3.58. The first kappa shape index (κ1) is 19.9. The Labute approximate surface area is 155 Å². The summed E-state index contributed by atoms with van der Waals surface area (Å²) in [5, 5.41) is 3.40. The van der Waals surface area contributed by atoms with Crippen LogP contribution in [-0.4, -0.2) is 73.8 Å². The number of hydrogen-bond acceptors (Lipinski definition) is 5. The highest BCUT2D eigenvalue weighted by molar-refractivity contribution is 14.0. The van der Waals surface area contributed by atoms with Crippen molar-refractivity contribution >= 4 is 35.9 Å². The Kier molecular flexibility index (Phi) is 9.85. The fraction of sp³-hybridized carbons (Fsp3) is 0.667. The topological polar surface area (TPSA) is 65.9 Å². The fourth-order valence-corrected chi connectivity index (χ4v) is 2.42. The summed E-state index contributed by atoms with van der Waals surface area (Å²) in [5.74, 6) is 1.77. The second kappa shape index (κ2) is 11.4. The average molecular weight is 434 g/mol. The van der Waals surface area contributed by atoms with E-state index in [1.54, 1.807) is 12.4 Å². The van der Waals surface area contributed by atoms with Gasteiger partial charge in [-0.1, -0.05) is 0 Å². The first-order valence-corrected chi connectivity index (χ1v) is 7.90. The number of hydrogen-bond donors (Lipinski definition) is 1. The van der Waals surface area contributed by atoms with Crippen LogP contribution in [0.15, 0.2) is 23.5 Å². The van der Waals surface area contributed by atoms with Gasteiger partial charge in [-0.25, -0.2) is 9.97 Å². The number of halogens is 1. The Bertz CT molecular complexity index is 451. The van der Waals surface area contributed by atoms with Crippen LogP contribution in [-0.2, 0) is 4.74 Å². The van der Waals surface area contributed by atoms with E-state index in [0.29, 0.717) is 0 Å². The number of piperazine rings is 1. The zero-order chi connectivity index (χ0) is 15.6. The summed E-state index contributed by atoms with van der Waals surface area (Å²) in [6, 6.07) is 1.84. The zero-order valence-corrected chi connectivity index (χ0v) is 16.3. The van der Waals surface area contributed by atoms with Crippen molar-refractivity contribution in [3.8, 4) is 0 Å². The van der Waals surface area contributed by atoms with Gasteiger partial charge in [0.15, 0.2) is 5.96 Å². The minimum Gasteiger partial charge on any atom is -0.382 e. The number of anilines is 1. The Morgan fingerprint density at radius 2 is 1.96 bits per heavy atom. The normalized spacial score (nSPS) is 15.3. The summed E-state index contributed by atoms with van der Waals surface area (Å²) in [6.45, 7) is 8.12. The van der Waals surface area contributed by atoms with Crippen LogP contribution in [0.25, 0.3) is 0 Å². The van der Waals surface area contributed by atoms with E-state index in [1.807, 2.05) is 20.0 Å². The van der Waals surface area contributed by atoms with Crippen LogP contribution in [0.1, 0.15) is 13.3 Å². The van der Waals surface area contributed by atoms with Gasteiger partial charge in [0.25, 0.3) is 0 Å². The van der Waals surface area contributed by atoms with Crippen molar-refractivity contribution < 1.29 is 4.74 Å². The molecule has 0 aliphatic carbocycles. The molecule has 7 nitrogen and oxygen atoms in total. The summed E-state index contributed by atoms with van der Waals surface area (Å²) >= 11 is 0. The van der Waals surface area contributed by atoms with Gasteiger partial charge in [0, 0.05) is 65.4 Å². The number of nitrogens with zero attached hydrogens (tertiary/aromatic N) is 5. The molecular formula is C15H27IN6O. The molecule has 0 spiro atoms. The van der Waals surface area contributed by atoms with Gasteiger partial charge in [0.2, 0.25) is 5.95 Å². The molecule has 0 atom stereocenters. The first-order chi connectivity index (χ1) is 10.8. The number of nitrogens with one attached hydrogen (secondary N) is 1. The molecule has 2 rings (SSSR count). The molecule has 1 fully saturated rings. The smallest absolute Gasteiger partial charge is 0.225 e. The second-order valence-corrected chi connectivity index (χ2v) is 5.05. The lowest BCUT2D eigenvalue weighted by molar-refractivity contribution is 0.145. The van der Waals surface area contributed by atoms with Crippen molar-refractivity contribution in [2.45, 2.75) is 13.3 Å². The molecule has 0 radical (unpaired) electrons. The summed E-state index contributed by atoms with van der Waals surface area (Å²) in [7, 11) is 1.83. The highest BCUT2D eigenvalue weighted by atomic mass is 127. The number of ether oxygens (including phenoxy) is 1. The number of guanidine groups is 1. The van der Waals surface area contributed by atoms with Crippen LogP contribution in [0, 0.1) is 0 Å². The molecular weight excluding hydrogens is 407 g/mol. The molecule has 2 heterocycles. The molecule has 1 aromatic heterocycles. The standard InChI is InChI=1S/C15H26N6O.HI/c1-3-22-13-5-8-17-14(16-2)20-9-11-21(12-10-20)15-18-6-4-7-19-15;/h4,6-7H,3,5,8-13H2,1-2H3,(H,16,17);1H. The van der Waals surface area contributed by atoms with Gasteiger partial charge in [-0.05, 0) is 19.4 Å². The van der Waals surface area contributed by atoms with Crippen LogP contribution in [0.2, 0.25) is 0 Å². The summed E-state index contributed by atoms with van der Waals surface area (Å²) in [5.41, 5.74) is 0. The van der Waals surface area contributed by atoms with Crippen molar-refractivity contribution in [1.29, 1.82) is 0 Å². The molecule has 1 N–H and O–H groups in total. The Morgan fingerprint density at radius 1 is 1.26 bits per heavy atom. The summed E-state index contributed by atoms with van der Waals surface area (Å²) in [4.78, 5) is 17.5. The number of aliphatic imine (C=N–C) groups is 1. The molecule has 1 saturated heterocycles. The van der Waals surface area contributed by atoms with Gasteiger partial charge in [0.1, 0.15) is 0 Å². The molecule has 1 aromatic rings. The molecule has 1 aliphatic heterocycles. The maximum atomic E-state index is 5.34. The average Bonchev–Trinajstić information content (AvgIpc) is 2.59. The zero-order valence-electron chi connectivity index (χ0n) is 13.9. The highest BCUT2D eigenvalue weighted by Gasteiger charge is 2.20. The molecule has 0 amide bonds. The summed E-state index contributed by atoms with van der Waals surface area (Å²) in [6.07, 6.45) is 4.56. The lowest BCUT2D eigenvalue weighted by atomic mass is 10.3. The summed E-state index contributed by atoms with van der Waals surface area (Å²) < 4.78 is 5.34. The number of aromatic nitrogens is 2. The van der Waals surface area contributed by atoms with E-state index in [2.05, 4.69) is 30.1 Å². The third kappa shape index (κ3) is 6.46. The largest absolute Gasteiger partial charge is 0.382 e. The van der Waals surface area contributed by atoms with Crippen molar-refractivity contribution in [1.82, 2.24) is 20.2 Å². The van der Waals surface area contributed by atoms with Crippen LogP contribution in [0.3, 0.4) is 0 Å². The van der Waals surface area contributed by atoms with Gasteiger partial charge in [-0.15, -0.1) is 24.0 Å².